The second-order valence-electron chi connectivity index (χ2n) is 8.28. The van der Waals surface area contributed by atoms with Crippen molar-refractivity contribution in [2.45, 2.75) is 23.7 Å². The molecule has 9 nitrogen and oxygen atoms in total. The zero-order valence-electron chi connectivity index (χ0n) is 19.6. The summed E-state index contributed by atoms with van der Waals surface area (Å²) in [5, 5.41) is 3.39. The Kier molecular flexibility index (Phi) is 8.25. The van der Waals surface area contributed by atoms with Crippen molar-refractivity contribution in [3.05, 3.63) is 83.1 Å². The van der Waals surface area contributed by atoms with Gasteiger partial charge in [-0.2, -0.15) is 13.2 Å². The van der Waals surface area contributed by atoms with Gasteiger partial charge in [-0.3, -0.25) is 14.5 Å². The number of β-lactam (4-membered cyclic amide) rings is 1. The molecule has 2 atom stereocenters. The maximum atomic E-state index is 13.6. The van der Waals surface area contributed by atoms with Crippen LogP contribution in [0.5, 0.6) is 0 Å². The zero-order valence-corrected chi connectivity index (χ0v) is 20.5. The predicted octanol–water partition coefficient (Wildman–Crippen LogP) is 2.89. The Morgan fingerprint density at radius 2 is 1.68 bits per heavy atom. The minimum Gasteiger partial charge on any atom is -0.448 e. The van der Waals surface area contributed by atoms with E-state index in [0.29, 0.717) is 17.5 Å². The van der Waals surface area contributed by atoms with Crippen molar-refractivity contribution < 1.29 is 41.8 Å². The third kappa shape index (κ3) is 6.10. The lowest BCUT2D eigenvalue weighted by Gasteiger charge is -2.49. The Hall–Kier alpha value is -4.00. The first-order valence-electron chi connectivity index (χ1n) is 11.3. The number of thioether (sulfide) groups is 1. The summed E-state index contributed by atoms with van der Waals surface area (Å²) in [4.78, 5) is 50.3. The number of hydrogen-bond donors (Lipinski definition) is 2. The molecule has 0 spiro atoms. The molecule has 0 bridgehead atoms. The van der Waals surface area contributed by atoms with E-state index in [1.165, 1.54) is 11.8 Å². The molecule has 2 heterocycles. The maximum absolute atomic E-state index is 13.6. The van der Waals surface area contributed by atoms with E-state index in [1.807, 2.05) is 0 Å². The Bertz CT molecular complexity index is 1190. The van der Waals surface area contributed by atoms with E-state index in [4.69, 9.17) is 9.47 Å². The number of halogens is 3. The van der Waals surface area contributed by atoms with Crippen LogP contribution in [-0.4, -0.2) is 65.8 Å². The van der Waals surface area contributed by atoms with E-state index in [-0.39, 0.29) is 17.0 Å². The van der Waals surface area contributed by atoms with Crippen molar-refractivity contribution >= 4 is 36.1 Å². The van der Waals surface area contributed by atoms with E-state index >= 15 is 0 Å². The van der Waals surface area contributed by atoms with Crippen LogP contribution in [0.4, 0.5) is 18.0 Å². The SMILES string of the molecule is O=CN[C@@H]1C(=O)N2C(C(=O)OC(c3ccccc3)c3ccccc3)=C(COC(=O)NCC(F)(F)F)CS[C@H]12. The molecule has 2 aromatic rings. The van der Waals surface area contributed by atoms with Crippen molar-refractivity contribution in [1.29, 1.82) is 0 Å². The third-order valence-corrected chi connectivity index (χ3v) is 7.07. The lowest BCUT2D eigenvalue weighted by Crippen LogP contribution is -2.69. The number of alkyl halides is 3. The van der Waals surface area contributed by atoms with Crippen LogP contribution in [0.3, 0.4) is 0 Å². The Balaban J connectivity index is 1.61. The number of ether oxygens (including phenoxy) is 2. The highest BCUT2D eigenvalue weighted by Crippen LogP contribution is 2.41. The number of alkyl carbamates (subject to hydrolysis) is 1. The summed E-state index contributed by atoms with van der Waals surface area (Å²) in [6.45, 7) is -2.14. The summed E-state index contributed by atoms with van der Waals surface area (Å²) in [5.74, 6) is -1.36. The lowest BCUT2D eigenvalue weighted by molar-refractivity contribution is -0.154. The van der Waals surface area contributed by atoms with Gasteiger partial charge in [0.05, 0.1) is 0 Å². The number of fused-ring (bicyclic) bond motifs is 1. The first-order valence-corrected chi connectivity index (χ1v) is 12.4. The van der Waals surface area contributed by atoms with Gasteiger partial charge in [0, 0.05) is 11.3 Å². The normalized spacial score (nSPS) is 18.8. The van der Waals surface area contributed by atoms with E-state index in [2.05, 4.69) is 5.32 Å². The average molecular weight is 550 g/mol. The second kappa shape index (κ2) is 11.6. The predicted molar refractivity (Wildman–Crippen MR) is 129 cm³/mol. The van der Waals surface area contributed by atoms with Crippen LogP contribution in [0.15, 0.2) is 71.9 Å². The molecule has 0 aliphatic carbocycles. The van der Waals surface area contributed by atoms with E-state index in [9.17, 15) is 32.3 Å². The monoisotopic (exact) mass is 549 g/mol. The molecule has 2 aliphatic rings. The van der Waals surface area contributed by atoms with Crippen LogP contribution >= 0.6 is 11.8 Å². The van der Waals surface area contributed by atoms with E-state index < -0.39 is 54.8 Å². The highest BCUT2D eigenvalue weighted by Gasteiger charge is 2.54. The minimum absolute atomic E-state index is 0.101. The van der Waals surface area contributed by atoms with Crippen molar-refractivity contribution in [1.82, 2.24) is 15.5 Å². The van der Waals surface area contributed by atoms with Gasteiger partial charge >= 0.3 is 18.2 Å². The van der Waals surface area contributed by atoms with Crippen molar-refractivity contribution in [2.24, 2.45) is 0 Å². The second-order valence-corrected chi connectivity index (χ2v) is 9.38. The van der Waals surface area contributed by atoms with Gasteiger partial charge in [-0.25, -0.2) is 9.59 Å². The molecular formula is C25H22F3N3O6S. The molecule has 1 saturated heterocycles. The fourth-order valence-corrected chi connectivity index (χ4v) is 5.34. The summed E-state index contributed by atoms with van der Waals surface area (Å²) in [6.07, 6.45) is -6.43. The van der Waals surface area contributed by atoms with Gasteiger partial charge in [0.2, 0.25) is 6.41 Å². The molecule has 3 amide bonds. The van der Waals surface area contributed by atoms with Gasteiger partial charge in [-0.15, -0.1) is 11.8 Å². The van der Waals surface area contributed by atoms with Crippen LogP contribution in [0.2, 0.25) is 0 Å². The lowest BCUT2D eigenvalue weighted by atomic mass is 10.0. The van der Waals surface area contributed by atoms with Gasteiger partial charge in [0.1, 0.15) is 30.3 Å². The van der Waals surface area contributed by atoms with Gasteiger partial charge in [-0.05, 0) is 11.1 Å². The average Bonchev–Trinajstić information content (AvgIpc) is 2.92. The molecule has 200 valence electrons. The molecule has 2 aliphatic heterocycles. The summed E-state index contributed by atoms with van der Waals surface area (Å²) < 4.78 is 48.0. The van der Waals surface area contributed by atoms with Crippen molar-refractivity contribution in [3.8, 4) is 0 Å². The number of hydrogen-bond acceptors (Lipinski definition) is 7. The molecule has 4 rings (SSSR count). The van der Waals surface area contributed by atoms with Gasteiger partial charge < -0.3 is 20.1 Å². The molecule has 0 radical (unpaired) electrons. The highest BCUT2D eigenvalue weighted by molar-refractivity contribution is 8.00. The first kappa shape index (κ1) is 27.0. The van der Waals surface area contributed by atoms with Gasteiger partial charge in [-0.1, -0.05) is 60.7 Å². The zero-order chi connectivity index (χ0) is 27.3. The molecule has 38 heavy (non-hydrogen) atoms. The summed E-state index contributed by atoms with van der Waals surface area (Å²) in [6, 6.07) is 16.9. The molecule has 2 N–H and O–H groups in total. The number of benzene rings is 2. The smallest absolute Gasteiger partial charge is 0.407 e. The minimum atomic E-state index is -4.63. The fourth-order valence-electron chi connectivity index (χ4n) is 4.00. The van der Waals surface area contributed by atoms with E-state index in [1.54, 1.807) is 66.0 Å². The topological polar surface area (TPSA) is 114 Å². The van der Waals surface area contributed by atoms with Crippen molar-refractivity contribution in [2.75, 3.05) is 18.9 Å². The highest BCUT2D eigenvalue weighted by atomic mass is 32.2. The number of carbonyl (C=O) groups is 4. The van der Waals surface area contributed by atoms with Crippen LogP contribution in [0.25, 0.3) is 0 Å². The number of amides is 3. The Morgan fingerprint density at radius 3 is 2.24 bits per heavy atom. The molecule has 2 aromatic carbocycles. The number of carbonyl (C=O) groups excluding carboxylic acids is 4. The summed E-state index contributed by atoms with van der Waals surface area (Å²) >= 11 is 1.20. The van der Waals surface area contributed by atoms with Gasteiger partial charge in [0.25, 0.3) is 5.91 Å². The fraction of sp³-hybridized carbons (Fsp3) is 0.280. The van der Waals surface area contributed by atoms with Crippen LogP contribution in [0.1, 0.15) is 17.2 Å². The molecule has 0 saturated carbocycles. The Labute approximate surface area is 219 Å². The number of rotatable bonds is 9. The van der Waals surface area contributed by atoms with Crippen LogP contribution in [0, 0.1) is 0 Å². The largest absolute Gasteiger partial charge is 0.448 e. The third-order valence-electron chi connectivity index (χ3n) is 5.73. The Morgan fingerprint density at radius 1 is 1.08 bits per heavy atom. The quantitative estimate of drug-likeness (QED) is 0.281. The molecule has 1 fully saturated rings. The number of nitrogens with one attached hydrogen (secondary N) is 2. The molecular weight excluding hydrogens is 527 g/mol. The van der Waals surface area contributed by atoms with E-state index in [0.717, 1.165) is 4.90 Å². The molecule has 0 aromatic heterocycles. The van der Waals surface area contributed by atoms with Crippen molar-refractivity contribution in [3.63, 3.8) is 0 Å². The van der Waals surface area contributed by atoms with Crippen LogP contribution < -0.4 is 10.6 Å². The standard InChI is InChI=1S/C25H22F3N3O6S/c26-25(27,28)13-29-24(35)36-11-17-12-38-22-18(30-14-32)21(33)31(22)19(17)23(34)37-20(15-7-3-1-4-8-15)16-9-5-2-6-10-16/h1-10,14,18,20,22H,11-13H2,(H,29,35)(H,30,32)/t18-,22-/m1/s1. The summed E-state index contributed by atoms with van der Waals surface area (Å²) in [5.41, 5.74) is 1.32. The maximum Gasteiger partial charge on any atom is 0.407 e. The first-order chi connectivity index (χ1) is 18.2. The molecule has 0 unspecified atom stereocenters. The van der Waals surface area contributed by atoms with Crippen LogP contribution in [-0.2, 0) is 23.9 Å². The summed E-state index contributed by atoms with van der Waals surface area (Å²) in [7, 11) is 0. The van der Waals surface area contributed by atoms with Gasteiger partial charge in [0.15, 0.2) is 6.10 Å². The molecule has 13 heteroatoms. The number of nitrogens with zero attached hydrogens (tertiary/aromatic N) is 1. The number of esters is 1.